The van der Waals surface area contributed by atoms with Crippen molar-refractivity contribution in [3.63, 3.8) is 0 Å². The largest absolute Gasteiger partial charge is 0.469 e. The summed E-state index contributed by atoms with van der Waals surface area (Å²) in [7, 11) is 1.44. The summed E-state index contributed by atoms with van der Waals surface area (Å²) in [5, 5.41) is 9.70. The molecule has 3 heteroatoms. The van der Waals surface area contributed by atoms with Crippen molar-refractivity contribution in [3.05, 3.63) is 24.3 Å². The number of carbonyl (C=O) groups is 1. The van der Waals surface area contributed by atoms with E-state index in [1.54, 1.807) is 0 Å². The number of aliphatic hydroxyl groups is 1. The van der Waals surface area contributed by atoms with Crippen LogP contribution in [0.4, 0.5) is 0 Å². The minimum atomic E-state index is -0.300. The number of aliphatic hydroxyl groups excluding tert-OH is 1. The van der Waals surface area contributed by atoms with Gasteiger partial charge in [-0.25, -0.2) is 0 Å². The Bertz CT molecular complexity index is 308. The molecule has 128 valence electrons. The first-order valence-corrected chi connectivity index (χ1v) is 8.79. The number of rotatable bonds is 14. The van der Waals surface area contributed by atoms with Gasteiger partial charge >= 0.3 is 5.97 Å². The Morgan fingerprint density at radius 1 is 1.05 bits per heavy atom. The smallest absolute Gasteiger partial charge is 0.305 e. The molecule has 3 nitrogen and oxygen atoms in total. The highest BCUT2D eigenvalue weighted by Gasteiger charge is 1.98. The highest BCUT2D eigenvalue weighted by Crippen LogP contribution is 2.08. The van der Waals surface area contributed by atoms with E-state index in [0.29, 0.717) is 6.42 Å². The predicted molar refractivity (Wildman–Crippen MR) is 92.8 cm³/mol. The van der Waals surface area contributed by atoms with Crippen molar-refractivity contribution in [3.8, 4) is 0 Å². The van der Waals surface area contributed by atoms with E-state index < -0.39 is 0 Å². The summed E-state index contributed by atoms with van der Waals surface area (Å²) >= 11 is 0. The quantitative estimate of drug-likeness (QED) is 0.281. The van der Waals surface area contributed by atoms with Crippen molar-refractivity contribution < 1.29 is 14.6 Å². The van der Waals surface area contributed by atoms with Gasteiger partial charge in [0.1, 0.15) is 0 Å². The Hall–Kier alpha value is -1.09. The van der Waals surface area contributed by atoms with E-state index in [-0.39, 0.29) is 12.1 Å². The van der Waals surface area contributed by atoms with Gasteiger partial charge in [0, 0.05) is 6.42 Å². The fourth-order valence-corrected chi connectivity index (χ4v) is 2.23. The summed E-state index contributed by atoms with van der Waals surface area (Å²) < 4.78 is 4.60. The highest BCUT2D eigenvalue weighted by atomic mass is 16.5. The second-order valence-electron chi connectivity index (χ2n) is 5.76. The molecule has 1 N–H and O–H groups in total. The molecule has 0 bridgehead atoms. The van der Waals surface area contributed by atoms with Crippen LogP contribution in [-0.4, -0.2) is 24.3 Å². The maximum absolute atomic E-state index is 10.9. The van der Waals surface area contributed by atoms with Gasteiger partial charge in [-0.05, 0) is 25.7 Å². The first kappa shape index (κ1) is 20.9. The van der Waals surface area contributed by atoms with E-state index in [4.69, 9.17) is 0 Å². The molecule has 0 aliphatic carbocycles. The standard InChI is InChI=1S/C19H34O3/c1-3-4-12-15-18(20)16-13-10-8-6-5-7-9-11-14-17-19(21)22-2/h8,10,13,16,18,20H,3-7,9,11-12,14-15,17H2,1-2H3/b10-8+,16-13-/t18-/m1/s1. The number of hydrogen-bond acceptors (Lipinski definition) is 3. The van der Waals surface area contributed by atoms with Crippen molar-refractivity contribution in [1.29, 1.82) is 0 Å². The zero-order valence-electron chi connectivity index (χ0n) is 14.4. The topological polar surface area (TPSA) is 46.5 Å². The van der Waals surface area contributed by atoms with Crippen LogP contribution in [0.3, 0.4) is 0 Å². The predicted octanol–water partition coefficient (Wildman–Crippen LogP) is 4.94. The summed E-state index contributed by atoms with van der Waals surface area (Å²) in [5.41, 5.74) is 0. The van der Waals surface area contributed by atoms with Crippen LogP contribution < -0.4 is 0 Å². The zero-order chi connectivity index (χ0) is 16.5. The first-order valence-electron chi connectivity index (χ1n) is 8.79. The van der Waals surface area contributed by atoms with Crippen molar-refractivity contribution in [2.45, 2.75) is 83.7 Å². The normalized spacial score (nSPS) is 13.0. The number of esters is 1. The molecular formula is C19H34O3. The lowest BCUT2D eigenvalue weighted by atomic mass is 10.1. The first-order chi connectivity index (χ1) is 10.7. The molecule has 0 radical (unpaired) electrons. The summed E-state index contributed by atoms with van der Waals surface area (Å²) in [6.45, 7) is 2.17. The van der Waals surface area contributed by atoms with Crippen LogP contribution in [0.5, 0.6) is 0 Å². The van der Waals surface area contributed by atoms with Gasteiger partial charge < -0.3 is 9.84 Å². The molecule has 0 saturated heterocycles. The van der Waals surface area contributed by atoms with E-state index in [2.05, 4.69) is 17.7 Å². The lowest BCUT2D eigenvalue weighted by Gasteiger charge is -2.03. The summed E-state index contributed by atoms with van der Waals surface area (Å²) in [6, 6.07) is 0. The Balaban J connectivity index is 3.38. The number of ether oxygens (including phenoxy) is 1. The van der Waals surface area contributed by atoms with Crippen LogP contribution in [0.1, 0.15) is 77.6 Å². The number of unbranched alkanes of at least 4 members (excludes halogenated alkanes) is 7. The van der Waals surface area contributed by atoms with E-state index in [1.807, 2.05) is 18.2 Å². The molecule has 0 saturated carbocycles. The van der Waals surface area contributed by atoms with Gasteiger partial charge in [-0.2, -0.15) is 0 Å². The van der Waals surface area contributed by atoms with Crippen molar-refractivity contribution in [2.75, 3.05) is 7.11 Å². The fraction of sp³-hybridized carbons (Fsp3) is 0.737. The molecule has 0 spiro atoms. The van der Waals surface area contributed by atoms with Gasteiger partial charge in [0.05, 0.1) is 13.2 Å². The molecular weight excluding hydrogens is 276 g/mol. The number of allylic oxidation sites excluding steroid dienone is 3. The highest BCUT2D eigenvalue weighted by molar-refractivity contribution is 5.68. The van der Waals surface area contributed by atoms with Gasteiger partial charge in [-0.3, -0.25) is 4.79 Å². The number of methoxy groups -OCH3 is 1. The maximum atomic E-state index is 10.9. The molecule has 0 aliphatic heterocycles. The van der Waals surface area contributed by atoms with Crippen molar-refractivity contribution in [2.24, 2.45) is 0 Å². The minimum absolute atomic E-state index is 0.105. The molecule has 0 fully saturated rings. The Labute approximate surface area is 136 Å². The van der Waals surface area contributed by atoms with Crippen LogP contribution in [0.15, 0.2) is 24.3 Å². The van der Waals surface area contributed by atoms with E-state index in [1.165, 1.54) is 39.2 Å². The van der Waals surface area contributed by atoms with Crippen LogP contribution in [0.25, 0.3) is 0 Å². The third-order valence-electron chi connectivity index (χ3n) is 3.66. The van der Waals surface area contributed by atoms with Crippen LogP contribution in [0.2, 0.25) is 0 Å². The molecule has 0 amide bonds. The lowest BCUT2D eigenvalue weighted by Crippen LogP contribution is -2.00. The lowest BCUT2D eigenvalue weighted by molar-refractivity contribution is -0.140. The molecule has 0 aromatic rings. The third-order valence-corrected chi connectivity index (χ3v) is 3.66. The number of carbonyl (C=O) groups excluding carboxylic acids is 1. The molecule has 1 atom stereocenters. The molecule has 22 heavy (non-hydrogen) atoms. The molecule has 0 heterocycles. The van der Waals surface area contributed by atoms with Gasteiger partial charge in [-0.15, -0.1) is 0 Å². The van der Waals surface area contributed by atoms with E-state index in [0.717, 1.165) is 32.1 Å². The molecule has 0 unspecified atom stereocenters. The van der Waals surface area contributed by atoms with Crippen molar-refractivity contribution >= 4 is 5.97 Å². The Morgan fingerprint density at radius 2 is 1.77 bits per heavy atom. The SMILES string of the molecule is CCCCC[C@@H](O)/C=C\C=C\CCCCCCCC(=O)OC. The monoisotopic (exact) mass is 310 g/mol. The summed E-state index contributed by atoms with van der Waals surface area (Å²) in [5.74, 6) is -0.105. The molecule has 0 aromatic carbocycles. The summed E-state index contributed by atoms with van der Waals surface area (Å²) in [6.07, 6.45) is 19.3. The van der Waals surface area contributed by atoms with Gasteiger partial charge in [0.2, 0.25) is 0 Å². The Kier molecular flexibility index (Phi) is 15.5. The Morgan fingerprint density at radius 3 is 2.50 bits per heavy atom. The second-order valence-corrected chi connectivity index (χ2v) is 5.76. The molecule has 0 rings (SSSR count). The average molecular weight is 310 g/mol. The average Bonchev–Trinajstić information content (AvgIpc) is 2.52. The van der Waals surface area contributed by atoms with Gasteiger partial charge in [0.25, 0.3) is 0 Å². The van der Waals surface area contributed by atoms with Crippen LogP contribution >= 0.6 is 0 Å². The molecule has 0 aliphatic rings. The van der Waals surface area contributed by atoms with E-state index >= 15 is 0 Å². The van der Waals surface area contributed by atoms with Crippen molar-refractivity contribution in [1.82, 2.24) is 0 Å². The van der Waals surface area contributed by atoms with E-state index in [9.17, 15) is 9.90 Å². The number of hydrogen-bond donors (Lipinski definition) is 1. The zero-order valence-corrected chi connectivity index (χ0v) is 14.4. The van der Waals surface area contributed by atoms with Gasteiger partial charge in [0.15, 0.2) is 0 Å². The fourth-order valence-electron chi connectivity index (χ4n) is 2.23. The third kappa shape index (κ3) is 15.3. The maximum Gasteiger partial charge on any atom is 0.305 e. The molecule has 0 aromatic heterocycles. The van der Waals surface area contributed by atoms with Crippen LogP contribution in [-0.2, 0) is 9.53 Å². The summed E-state index contributed by atoms with van der Waals surface area (Å²) in [4.78, 5) is 10.9. The van der Waals surface area contributed by atoms with Gasteiger partial charge in [-0.1, -0.05) is 69.8 Å². The minimum Gasteiger partial charge on any atom is -0.469 e. The van der Waals surface area contributed by atoms with Crippen LogP contribution in [0, 0.1) is 0 Å². The second kappa shape index (κ2) is 16.3.